The Balaban J connectivity index is 1.31. The fourth-order valence-electron chi connectivity index (χ4n) is 5.21. The van der Waals surface area contributed by atoms with Gasteiger partial charge in [0.25, 0.3) is 5.91 Å². The molecule has 9 heteroatoms. The molecule has 3 amide bonds. The second-order valence-corrected chi connectivity index (χ2v) is 10.2. The molecule has 1 fully saturated rings. The molecule has 0 aliphatic carbocycles. The van der Waals surface area contributed by atoms with Gasteiger partial charge in [-0.25, -0.2) is 4.79 Å². The molecule has 1 heterocycles. The van der Waals surface area contributed by atoms with Gasteiger partial charge in [0.15, 0.2) is 0 Å². The third-order valence-electron chi connectivity index (χ3n) is 7.41. The topological polar surface area (TPSA) is 95.2 Å². The van der Waals surface area contributed by atoms with E-state index in [1.54, 1.807) is 44.6 Å². The van der Waals surface area contributed by atoms with Crippen LogP contribution in [0, 0.1) is 0 Å². The molecule has 0 bridgehead atoms. The van der Waals surface area contributed by atoms with Gasteiger partial charge in [0.05, 0.1) is 25.5 Å². The summed E-state index contributed by atoms with van der Waals surface area (Å²) in [7, 11) is 3.26. The van der Waals surface area contributed by atoms with Crippen LogP contribution in [0.15, 0.2) is 97.1 Å². The summed E-state index contributed by atoms with van der Waals surface area (Å²) in [5, 5.41) is 8.76. The van der Waals surface area contributed by atoms with Crippen molar-refractivity contribution in [2.75, 3.05) is 67.4 Å². The fourth-order valence-corrected chi connectivity index (χ4v) is 5.21. The summed E-state index contributed by atoms with van der Waals surface area (Å²) in [4.78, 5) is 30.9. The van der Waals surface area contributed by atoms with E-state index in [9.17, 15) is 9.59 Å². The summed E-state index contributed by atoms with van der Waals surface area (Å²) in [6, 6.07) is 30.2. The molecule has 0 unspecified atom stereocenters. The molecule has 0 spiro atoms. The first kappa shape index (κ1) is 29.3. The summed E-state index contributed by atoms with van der Waals surface area (Å²) in [6.45, 7) is 3.51. The standard InChI is InChI=1S/C34H37N5O4/c1-42-28-12-8-11-26(23-28)36-34(41)37-27-15-16-30(29(24-27)33(40)35-18-17-25-9-4-3-5-10-25)38-19-21-39(22-20-38)31-13-6-7-14-32(31)43-2/h3-16,23-24H,17-22H2,1-2H3,(H,35,40)(H2,36,37,41). The first-order valence-electron chi connectivity index (χ1n) is 14.3. The number of amides is 3. The minimum Gasteiger partial charge on any atom is -0.497 e. The molecule has 4 aromatic rings. The molecule has 1 aliphatic heterocycles. The summed E-state index contributed by atoms with van der Waals surface area (Å²) < 4.78 is 10.8. The van der Waals surface area contributed by atoms with Crippen molar-refractivity contribution < 1.29 is 19.1 Å². The number of methoxy groups -OCH3 is 2. The van der Waals surface area contributed by atoms with Crippen LogP contribution in [-0.2, 0) is 6.42 Å². The third kappa shape index (κ3) is 7.56. The average Bonchev–Trinajstić information content (AvgIpc) is 3.05. The van der Waals surface area contributed by atoms with Crippen molar-refractivity contribution >= 4 is 34.7 Å². The van der Waals surface area contributed by atoms with Crippen LogP contribution in [-0.4, -0.2) is 58.9 Å². The number of para-hydroxylation sites is 2. The predicted molar refractivity (Wildman–Crippen MR) is 172 cm³/mol. The monoisotopic (exact) mass is 579 g/mol. The van der Waals surface area contributed by atoms with Gasteiger partial charge in [0.1, 0.15) is 11.5 Å². The van der Waals surface area contributed by atoms with Gasteiger partial charge >= 0.3 is 6.03 Å². The minimum absolute atomic E-state index is 0.185. The van der Waals surface area contributed by atoms with E-state index in [1.165, 1.54) is 0 Å². The van der Waals surface area contributed by atoms with Gasteiger partial charge in [-0.3, -0.25) is 4.79 Å². The minimum atomic E-state index is -0.415. The summed E-state index contributed by atoms with van der Waals surface area (Å²) in [5.41, 5.74) is 4.67. The number of carbonyl (C=O) groups excluding carboxylic acids is 2. The van der Waals surface area contributed by atoms with Gasteiger partial charge in [-0.2, -0.15) is 0 Å². The lowest BCUT2D eigenvalue weighted by atomic mass is 10.1. The first-order valence-corrected chi connectivity index (χ1v) is 14.3. The highest BCUT2D eigenvalue weighted by Crippen LogP contribution is 2.31. The molecule has 0 radical (unpaired) electrons. The number of hydrogen-bond donors (Lipinski definition) is 3. The molecule has 9 nitrogen and oxygen atoms in total. The van der Waals surface area contributed by atoms with E-state index < -0.39 is 6.03 Å². The van der Waals surface area contributed by atoms with Crippen LogP contribution in [0.5, 0.6) is 11.5 Å². The Kier molecular flexibility index (Phi) is 9.63. The van der Waals surface area contributed by atoms with Gasteiger partial charge in [-0.1, -0.05) is 48.5 Å². The number of piperazine rings is 1. The number of anilines is 4. The summed E-state index contributed by atoms with van der Waals surface area (Å²) in [6.07, 6.45) is 0.723. The van der Waals surface area contributed by atoms with Crippen LogP contribution in [0.4, 0.5) is 27.5 Å². The lowest BCUT2D eigenvalue weighted by molar-refractivity contribution is 0.0954. The van der Waals surface area contributed by atoms with Crippen LogP contribution < -0.4 is 35.2 Å². The fraction of sp³-hybridized carbons (Fsp3) is 0.235. The maximum atomic E-state index is 13.6. The van der Waals surface area contributed by atoms with Crippen LogP contribution >= 0.6 is 0 Å². The molecule has 222 valence electrons. The molecule has 1 aliphatic rings. The van der Waals surface area contributed by atoms with E-state index in [2.05, 4.69) is 31.8 Å². The zero-order chi connectivity index (χ0) is 30.0. The molecule has 43 heavy (non-hydrogen) atoms. The Labute approximate surface area is 252 Å². The number of nitrogens with one attached hydrogen (secondary N) is 3. The number of urea groups is 1. The number of nitrogens with zero attached hydrogens (tertiary/aromatic N) is 2. The van der Waals surface area contributed by atoms with Crippen molar-refractivity contribution in [3.8, 4) is 11.5 Å². The third-order valence-corrected chi connectivity index (χ3v) is 7.41. The first-order chi connectivity index (χ1) is 21.0. The summed E-state index contributed by atoms with van der Waals surface area (Å²) in [5.74, 6) is 1.30. The lowest BCUT2D eigenvalue weighted by Gasteiger charge is -2.38. The normalized spacial score (nSPS) is 12.8. The summed E-state index contributed by atoms with van der Waals surface area (Å²) >= 11 is 0. The molecule has 0 saturated carbocycles. The highest BCUT2D eigenvalue weighted by molar-refractivity contribution is 6.04. The van der Waals surface area contributed by atoms with E-state index in [0.717, 1.165) is 55.3 Å². The number of ether oxygens (including phenoxy) is 2. The van der Waals surface area contributed by atoms with E-state index in [1.807, 2.05) is 60.7 Å². The van der Waals surface area contributed by atoms with Gasteiger partial charge < -0.3 is 35.2 Å². The van der Waals surface area contributed by atoms with Crippen molar-refractivity contribution in [1.82, 2.24) is 5.32 Å². The van der Waals surface area contributed by atoms with Crippen LogP contribution in [0.2, 0.25) is 0 Å². The Morgan fingerprint density at radius 3 is 2.09 bits per heavy atom. The number of benzene rings is 4. The van der Waals surface area contributed by atoms with E-state index in [4.69, 9.17) is 9.47 Å². The molecule has 0 aromatic heterocycles. The number of rotatable bonds is 10. The Hall–Kier alpha value is -5.18. The zero-order valence-electron chi connectivity index (χ0n) is 24.5. The van der Waals surface area contributed by atoms with Crippen molar-refractivity contribution in [1.29, 1.82) is 0 Å². The number of hydrogen-bond acceptors (Lipinski definition) is 6. The molecular formula is C34H37N5O4. The van der Waals surface area contributed by atoms with Crippen molar-refractivity contribution in [2.45, 2.75) is 6.42 Å². The average molecular weight is 580 g/mol. The molecular weight excluding hydrogens is 542 g/mol. The molecule has 5 rings (SSSR count). The highest BCUT2D eigenvalue weighted by atomic mass is 16.5. The SMILES string of the molecule is COc1cccc(NC(=O)Nc2ccc(N3CCN(c4ccccc4OC)CC3)c(C(=O)NCCc3ccccc3)c2)c1. The van der Waals surface area contributed by atoms with E-state index in [-0.39, 0.29) is 5.91 Å². The second kappa shape index (κ2) is 14.1. The van der Waals surface area contributed by atoms with Crippen LogP contribution in [0.25, 0.3) is 0 Å². The van der Waals surface area contributed by atoms with Crippen LogP contribution in [0.3, 0.4) is 0 Å². The van der Waals surface area contributed by atoms with Gasteiger partial charge in [-0.05, 0) is 54.4 Å². The van der Waals surface area contributed by atoms with Crippen molar-refractivity contribution in [2.24, 2.45) is 0 Å². The molecule has 3 N–H and O–H groups in total. The van der Waals surface area contributed by atoms with E-state index >= 15 is 0 Å². The highest BCUT2D eigenvalue weighted by Gasteiger charge is 2.24. The molecule has 4 aromatic carbocycles. The predicted octanol–water partition coefficient (Wildman–Crippen LogP) is 5.65. The Morgan fingerprint density at radius 1 is 0.698 bits per heavy atom. The van der Waals surface area contributed by atoms with Gasteiger partial charge in [0, 0.05) is 55.9 Å². The number of carbonyl (C=O) groups is 2. The van der Waals surface area contributed by atoms with Crippen molar-refractivity contribution in [3.05, 3.63) is 108 Å². The lowest BCUT2D eigenvalue weighted by Crippen LogP contribution is -2.47. The Bertz CT molecular complexity index is 1540. The second-order valence-electron chi connectivity index (χ2n) is 10.2. The maximum absolute atomic E-state index is 13.6. The quantitative estimate of drug-likeness (QED) is 0.225. The maximum Gasteiger partial charge on any atom is 0.323 e. The van der Waals surface area contributed by atoms with Crippen LogP contribution in [0.1, 0.15) is 15.9 Å². The van der Waals surface area contributed by atoms with Crippen molar-refractivity contribution in [3.63, 3.8) is 0 Å². The molecule has 0 atom stereocenters. The van der Waals surface area contributed by atoms with E-state index in [0.29, 0.717) is 29.2 Å². The molecule has 1 saturated heterocycles. The smallest absolute Gasteiger partial charge is 0.323 e. The largest absolute Gasteiger partial charge is 0.497 e. The van der Waals surface area contributed by atoms with Gasteiger partial charge in [0.2, 0.25) is 0 Å². The van der Waals surface area contributed by atoms with Gasteiger partial charge in [-0.15, -0.1) is 0 Å². The zero-order valence-corrected chi connectivity index (χ0v) is 24.5. The Morgan fingerprint density at radius 2 is 1.37 bits per heavy atom.